The van der Waals surface area contributed by atoms with Gasteiger partial charge in [0.1, 0.15) is 23.3 Å². The number of hydrogen-bond acceptors (Lipinski definition) is 8. The summed E-state index contributed by atoms with van der Waals surface area (Å²) in [6, 6.07) is 6.31. The molecule has 49 heavy (non-hydrogen) atoms. The molecule has 2 unspecified atom stereocenters. The fourth-order valence-electron chi connectivity index (χ4n) is 6.62. The van der Waals surface area contributed by atoms with E-state index in [9.17, 15) is 32.4 Å². The van der Waals surface area contributed by atoms with Gasteiger partial charge >= 0.3 is 0 Å². The Balaban J connectivity index is 1.26. The van der Waals surface area contributed by atoms with Gasteiger partial charge in [-0.1, -0.05) is 51.1 Å². The van der Waals surface area contributed by atoms with Crippen molar-refractivity contribution in [1.82, 2.24) is 30.6 Å². The second-order valence-corrected chi connectivity index (χ2v) is 17.0. The molecular weight excluding hydrogens is 648 g/mol. The van der Waals surface area contributed by atoms with E-state index in [0.29, 0.717) is 30.6 Å². The number of fused-ring (bicyclic) bond motifs is 1. The normalized spacial score (nSPS) is 25.6. The molecule has 13 nitrogen and oxygen atoms in total. The van der Waals surface area contributed by atoms with Gasteiger partial charge in [0, 0.05) is 36.5 Å². The first-order valence-electron chi connectivity index (χ1n) is 16.9. The van der Waals surface area contributed by atoms with Crippen LogP contribution in [0, 0.1) is 17.3 Å². The Morgan fingerprint density at radius 3 is 2.43 bits per heavy atom. The molecule has 3 saturated carbocycles. The Hall–Kier alpha value is -4.33. The molecule has 2 aromatic rings. The van der Waals surface area contributed by atoms with Gasteiger partial charge in [-0.05, 0) is 61.3 Å². The summed E-state index contributed by atoms with van der Waals surface area (Å²) in [7, 11) is -3.89. The highest BCUT2D eigenvalue weighted by Crippen LogP contribution is 2.45. The van der Waals surface area contributed by atoms with Crippen LogP contribution in [0.3, 0.4) is 0 Å². The van der Waals surface area contributed by atoms with Gasteiger partial charge in [-0.15, -0.1) is 6.58 Å². The lowest BCUT2D eigenvalue weighted by Gasteiger charge is -2.35. The first-order valence-corrected chi connectivity index (χ1v) is 18.4. The maximum atomic E-state index is 14.4. The fourth-order valence-corrected chi connectivity index (χ4v) is 7.99. The molecule has 1 aromatic carbocycles. The van der Waals surface area contributed by atoms with Crippen LogP contribution in [0.1, 0.15) is 76.2 Å². The van der Waals surface area contributed by atoms with E-state index in [0.717, 1.165) is 18.2 Å². The number of aromatic nitrogens is 1. The van der Waals surface area contributed by atoms with Gasteiger partial charge in [-0.25, -0.2) is 8.42 Å². The topological polar surface area (TPSA) is 184 Å². The number of amides is 5. The second-order valence-electron chi connectivity index (χ2n) is 15.0. The average Bonchev–Trinajstić information content (AvgIpc) is 3.94. The van der Waals surface area contributed by atoms with Crippen LogP contribution < -0.4 is 20.7 Å². The molecule has 3 aliphatic carbocycles. The van der Waals surface area contributed by atoms with E-state index in [1.165, 1.54) is 17.2 Å². The third kappa shape index (κ3) is 7.34. The number of nitrogens with one attached hydrogen (secondary N) is 4. The lowest BCUT2D eigenvalue weighted by Crippen LogP contribution is -2.60. The highest BCUT2D eigenvalue weighted by Gasteiger charge is 2.62. The van der Waals surface area contributed by atoms with E-state index in [4.69, 9.17) is 0 Å². The molecule has 4 fully saturated rings. The molecule has 0 spiro atoms. The lowest BCUT2D eigenvalue weighted by molar-refractivity contribution is -0.144. The molecule has 5 amide bonds. The summed E-state index contributed by atoms with van der Waals surface area (Å²) in [6.45, 7) is 9.17. The Labute approximate surface area is 286 Å². The lowest BCUT2D eigenvalue weighted by atomic mass is 9.85. The molecule has 0 bridgehead atoms. The third-order valence-electron chi connectivity index (χ3n) is 9.95. The van der Waals surface area contributed by atoms with Crippen molar-refractivity contribution in [3.05, 3.63) is 54.9 Å². The summed E-state index contributed by atoms with van der Waals surface area (Å²) in [4.78, 5) is 74.0. The number of pyridine rings is 1. The minimum Gasteiger partial charge on any atom is -0.346 e. The van der Waals surface area contributed by atoms with Gasteiger partial charge < -0.3 is 20.9 Å². The molecule has 4 aliphatic rings. The predicted molar refractivity (Wildman–Crippen MR) is 181 cm³/mol. The number of benzene rings is 1. The van der Waals surface area contributed by atoms with Gasteiger partial charge in [0.05, 0.1) is 5.25 Å². The quantitative estimate of drug-likeness (QED) is 0.243. The maximum Gasteiger partial charge on any atom is 0.270 e. The van der Waals surface area contributed by atoms with E-state index < -0.39 is 73.9 Å². The molecule has 5 atom stereocenters. The Morgan fingerprint density at radius 2 is 1.80 bits per heavy atom. The maximum absolute atomic E-state index is 14.4. The number of carbonyl (C=O) groups is 5. The van der Waals surface area contributed by atoms with Gasteiger partial charge in [0.2, 0.25) is 27.7 Å². The van der Waals surface area contributed by atoms with Crippen molar-refractivity contribution < 1.29 is 32.4 Å². The van der Waals surface area contributed by atoms with E-state index in [1.807, 2.05) is 32.9 Å². The zero-order chi connectivity index (χ0) is 35.3. The SMILES string of the molecule is C=CC1CC1(NC(=O)[C@@H]1C[C@@H](NC(=O)c2nccc3ccccc23)CN1C(=O)[C@@H](NC(=O)CC1CC1)C(C)(C)C)C(=O)NS(=O)(=O)C1CC1. The molecule has 1 aromatic heterocycles. The minimum atomic E-state index is -3.89. The number of nitrogens with zero attached hydrogens (tertiary/aromatic N) is 2. The summed E-state index contributed by atoms with van der Waals surface area (Å²) in [5.74, 6) is -2.96. The van der Waals surface area contributed by atoms with Gasteiger partial charge in [0.15, 0.2) is 0 Å². The zero-order valence-corrected chi connectivity index (χ0v) is 28.8. The fraction of sp³-hybridized carbons (Fsp3) is 0.543. The van der Waals surface area contributed by atoms with Crippen LogP contribution >= 0.6 is 0 Å². The standard InChI is InChI=1S/C35H44N6O7S/c1-5-22-18-35(22,33(46)40-49(47,48)24-12-13-24)39-30(43)26-17-23(37-31(44)28-25-9-7-6-8-21(25)14-15-36-28)19-41(26)32(45)29(34(2,3)4)38-27(42)16-20-10-11-20/h5-9,14-15,20,22-24,26,29H,1,10-13,16-19H2,2-4H3,(H,37,44)(H,38,42)(H,39,43)(H,40,46)/t22?,23-,26+,29-,35?/m1/s1. The summed E-state index contributed by atoms with van der Waals surface area (Å²) >= 11 is 0. The summed E-state index contributed by atoms with van der Waals surface area (Å²) < 4.78 is 27.4. The largest absolute Gasteiger partial charge is 0.346 e. The van der Waals surface area contributed by atoms with Crippen LogP contribution in [0.2, 0.25) is 0 Å². The van der Waals surface area contributed by atoms with Crippen molar-refractivity contribution in [2.24, 2.45) is 17.3 Å². The number of carbonyl (C=O) groups excluding carboxylic acids is 5. The van der Waals surface area contributed by atoms with E-state index in [1.54, 1.807) is 18.2 Å². The minimum absolute atomic E-state index is 0.0117. The van der Waals surface area contributed by atoms with Crippen LogP contribution in [-0.2, 0) is 29.2 Å². The number of likely N-dealkylation sites (tertiary alicyclic amines) is 1. The molecule has 262 valence electrons. The van der Waals surface area contributed by atoms with Crippen LogP contribution in [-0.4, -0.2) is 83.3 Å². The van der Waals surface area contributed by atoms with Crippen molar-refractivity contribution in [1.29, 1.82) is 0 Å². The van der Waals surface area contributed by atoms with Gasteiger partial charge in [-0.2, -0.15) is 0 Å². The highest BCUT2D eigenvalue weighted by atomic mass is 32.2. The zero-order valence-electron chi connectivity index (χ0n) is 28.0. The molecule has 6 rings (SSSR count). The number of hydrogen-bond donors (Lipinski definition) is 4. The van der Waals surface area contributed by atoms with Crippen LogP contribution in [0.25, 0.3) is 10.8 Å². The molecular formula is C35H44N6O7S. The van der Waals surface area contributed by atoms with E-state index in [2.05, 4.69) is 32.2 Å². The summed E-state index contributed by atoms with van der Waals surface area (Å²) in [5, 5.41) is 9.44. The summed E-state index contributed by atoms with van der Waals surface area (Å²) in [6.07, 6.45) is 6.34. The van der Waals surface area contributed by atoms with Crippen LogP contribution in [0.5, 0.6) is 0 Å². The van der Waals surface area contributed by atoms with Crippen molar-refractivity contribution >= 4 is 50.3 Å². The van der Waals surface area contributed by atoms with Crippen molar-refractivity contribution in [3.63, 3.8) is 0 Å². The molecule has 4 N–H and O–H groups in total. The monoisotopic (exact) mass is 692 g/mol. The van der Waals surface area contributed by atoms with E-state index in [-0.39, 0.29) is 31.0 Å². The molecule has 14 heteroatoms. The van der Waals surface area contributed by atoms with Crippen LogP contribution in [0.15, 0.2) is 49.2 Å². The van der Waals surface area contributed by atoms with Gasteiger partial charge in [0.25, 0.3) is 11.8 Å². The first-order chi connectivity index (χ1) is 23.1. The molecule has 1 aliphatic heterocycles. The third-order valence-corrected chi connectivity index (χ3v) is 11.8. The van der Waals surface area contributed by atoms with Crippen molar-refractivity contribution in [2.45, 2.75) is 94.6 Å². The number of sulfonamides is 1. The second kappa shape index (κ2) is 12.8. The first kappa shape index (κ1) is 34.5. The Morgan fingerprint density at radius 1 is 1.08 bits per heavy atom. The Kier molecular flexibility index (Phi) is 9.05. The summed E-state index contributed by atoms with van der Waals surface area (Å²) in [5.41, 5.74) is -2.08. The molecule has 0 radical (unpaired) electrons. The van der Waals surface area contributed by atoms with Crippen molar-refractivity contribution in [3.8, 4) is 0 Å². The van der Waals surface area contributed by atoms with E-state index >= 15 is 0 Å². The van der Waals surface area contributed by atoms with Crippen molar-refractivity contribution in [2.75, 3.05) is 6.54 Å². The Bertz CT molecular complexity index is 1810. The highest BCUT2D eigenvalue weighted by molar-refractivity contribution is 7.91. The predicted octanol–water partition coefficient (Wildman–Crippen LogP) is 1.93. The van der Waals surface area contributed by atoms with Crippen LogP contribution in [0.4, 0.5) is 0 Å². The van der Waals surface area contributed by atoms with Gasteiger partial charge in [-0.3, -0.25) is 33.7 Å². The molecule has 2 heterocycles. The average molecular weight is 693 g/mol. The smallest absolute Gasteiger partial charge is 0.270 e. The molecule has 1 saturated heterocycles. The number of rotatable bonds is 12.